The second-order valence-corrected chi connectivity index (χ2v) is 3.51. The third-order valence-corrected chi connectivity index (χ3v) is 2.21. The van der Waals surface area contributed by atoms with Crippen LogP contribution in [0.1, 0.15) is 6.92 Å². The number of benzene rings is 1. The molecule has 18 heavy (non-hydrogen) atoms. The molecule has 0 saturated heterocycles. The molecule has 1 aromatic heterocycles. The molecular formula is C12H13N3O3. The van der Waals surface area contributed by atoms with Crippen LogP contribution < -0.4 is 5.32 Å². The third kappa shape index (κ3) is 3.14. The maximum absolute atomic E-state index is 11.4. The van der Waals surface area contributed by atoms with Crippen LogP contribution in [0.4, 0.5) is 5.69 Å². The topological polar surface area (TPSA) is 77.2 Å². The fourth-order valence-corrected chi connectivity index (χ4v) is 1.39. The highest BCUT2D eigenvalue weighted by atomic mass is 16.5. The number of nitrogens with zero attached hydrogens (tertiary/aromatic N) is 2. The summed E-state index contributed by atoms with van der Waals surface area (Å²) in [5.74, 6) is 0.268. The zero-order valence-electron chi connectivity index (χ0n) is 9.92. The van der Waals surface area contributed by atoms with Crippen LogP contribution >= 0.6 is 0 Å². The number of rotatable bonds is 5. The van der Waals surface area contributed by atoms with Crippen molar-refractivity contribution in [1.29, 1.82) is 0 Å². The first-order valence-electron chi connectivity index (χ1n) is 5.54. The van der Waals surface area contributed by atoms with Crippen LogP contribution in [0.15, 0.2) is 35.1 Å². The third-order valence-electron chi connectivity index (χ3n) is 2.21. The van der Waals surface area contributed by atoms with Crippen molar-refractivity contribution in [2.45, 2.75) is 6.92 Å². The van der Waals surface area contributed by atoms with Crippen LogP contribution in [0, 0.1) is 0 Å². The minimum Gasteiger partial charge on any atom is -0.423 e. The summed E-state index contributed by atoms with van der Waals surface area (Å²) in [5, 5.41) is 10.1. The Balaban J connectivity index is 1.98. The molecule has 6 nitrogen and oxygen atoms in total. The Bertz CT molecular complexity index is 494. The number of aromatic nitrogens is 2. The van der Waals surface area contributed by atoms with Crippen LogP contribution in [-0.4, -0.2) is 29.3 Å². The van der Waals surface area contributed by atoms with Gasteiger partial charge in [-0.25, -0.2) is 0 Å². The molecule has 6 heteroatoms. The van der Waals surface area contributed by atoms with Crippen LogP contribution in [0.2, 0.25) is 0 Å². The summed E-state index contributed by atoms with van der Waals surface area (Å²) in [6.07, 6.45) is 1.27. The predicted molar refractivity (Wildman–Crippen MR) is 64.9 cm³/mol. The van der Waals surface area contributed by atoms with Crippen molar-refractivity contribution in [3.8, 4) is 11.5 Å². The van der Waals surface area contributed by atoms with Gasteiger partial charge in [-0.2, -0.15) is 0 Å². The van der Waals surface area contributed by atoms with Gasteiger partial charge in [-0.1, -0.05) is 0 Å². The molecule has 0 aliphatic rings. The van der Waals surface area contributed by atoms with Gasteiger partial charge in [0, 0.05) is 17.9 Å². The van der Waals surface area contributed by atoms with E-state index >= 15 is 0 Å². The molecule has 0 unspecified atom stereocenters. The normalized spacial score (nSPS) is 10.3. The lowest BCUT2D eigenvalue weighted by Crippen LogP contribution is -2.18. The van der Waals surface area contributed by atoms with E-state index in [1.165, 1.54) is 6.39 Å². The van der Waals surface area contributed by atoms with Gasteiger partial charge in [0.1, 0.15) is 6.61 Å². The molecule has 0 aliphatic carbocycles. The van der Waals surface area contributed by atoms with Gasteiger partial charge in [0.25, 0.3) is 0 Å². The van der Waals surface area contributed by atoms with E-state index in [9.17, 15) is 4.79 Å². The maximum Gasteiger partial charge on any atom is 0.250 e. The summed E-state index contributed by atoms with van der Waals surface area (Å²) < 4.78 is 10.1. The SMILES string of the molecule is CCOCC(=O)Nc1ccc(-c2nnco2)cc1. The van der Waals surface area contributed by atoms with Crippen molar-refractivity contribution in [3.05, 3.63) is 30.7 Å². The van der Waals surface area contributed by atoms with Gasteiger partial charge in [0.15, 0.2) is 0 Å². The van der Waals surface area contributed by atoms with Crippen LogP contribution in [0.25, 0.3) is 11.5 Å². The Morgan fingerprint density at radius 1 is 1.39 bits per heavy atom. The van der Waals surface area contributed by atoms with Crippen LogP contribution in [0.3, 0.4) is 0 Å². The Kier molecular flexibility index (Phi) is 4.03. The number of ether oxygens (including phenoxy) is 1. The number of hydrogen-bond acceptors (Lipinski definition) is 5. The lowest BCUT2D eigenvalue weighted by atomic mass is 10.2. The number of hydrogen-bond donors (Lipinski definition) is 1. The summed E-state index contributed by atoms with van der Waals surface area (Å²) in [6.45, 7) is 2.41. The van der Waals surface area contributed by atoms with Gasteiger partial charge in [-0.3, -0.25) is 4.79 Å². The molecule has 0 radical (unpaired) electrons. The zero-order valence-corrected chi connectivity index (χ0v) is 9.92. The highest BCUT2D eigenvalue weighted by Crippen LogP contribution is 2.18. The van der Waals surface area contributed by atoms with Gasteiger partial charge >= 0.3 is 0 Å². The van der Waals surface area contributed by atoms with E-state index in [-0.39, 0.29) is 12.5 Å². The Hall–Kier alpha value is -2.21. The van der Waals surface area contributed by atoms with Crippen LogP contribution in [-0.2, 0) is 9.53 Å². The monoisotopic (exact) mass is 247 g/mol. The predicted octanol–water partition coefficient (Wildman–Crippen LogP) is 1.71. The molecule has 1 amide bonds. The number of carbonyl (C=O) groups is 1. The first-order valence-corrected chi connectivity index (χ1v) is 5.54. The van der Waals surface area contributed by atoms with Gasteiger partial charge in [0.05, 0.1) is 0 Å². The second kappa shape index (κ2) is 5.92. The van der Waals surface area contributed by atoms with Gasteiger partial charge in [-0.15, -0.1) is 10.2 Å². The quantitative estimate of drug-likeness (QED) is 0.870. The highest BCUT2D eigenvalue weighted by molar-refractivity contribution is 5.91. The number of nitrogens with one attached hydrogen (secondary N) is 1. The summed E-state index contributed by atoms with van der Waals surface area (Å²) in [4.78, 5) is 11.4. The van der Waals surface area contributed by atoms with E-state index in [1.807, 2.05) is 6.92 Å². The van der Waals surface area contributed by atoms with Gasteiger partial charge in [0.2, 0.25) is 18.2 Å². The largest absolute Gasteiger partial charge is 0.423 e. The highest BCUT2D eigenvalue weighted by Gasteiger charge is 2.05. The lowest BCUT2D eigenvalue weighted by molar-refractivity contribution is -0.120. The summed E-state index contributed by atoms with van der Waals surface area (Å²) in [7, 11) is 0. The molecule has 1 aromatic carbocycles. The molecule has 0 spiro atoms. The second-order valence-electron chi connectivity index (χ2n) is 3.51. The molecule has 0 fully saturated rings. The Labute approximate surface area is 104 Å². The average molecular weight is 247 g/mol. The molecule has 1 heterocycles. The van der Waals surface area contributed by atoms with E-state index in [0.717, 1.165) is 5.56 Å². The molecule has 0 aliphatic heterocycles. The van der Waals surface area contributed by atoms with Gasteiger partial charge in [-0.05, 0) is 31.2 Å². The average Bonchev–Trinajstić information content (AvgIpc) is 2.91. The van der Waals surface area contributed by atoms with Crippen LogP contribution in [0.5, 0.6) is 0 Å². The molecule has 2 aromatic rings. The van der Waals surface area contributed by atoms with E-state index in [1.54, 1.807) is 24.3 Å². The molecule has 2 rings (SSSR count). The van der Waals surface area contributed by atoms with Crippen molar-refractivity contribution in [1.82, 2.24) is 10.2 Å². The molecule has 0 saturated carbocycles. The minimum atomic E-state index is -0.178. The standard InChI is InChI=1S/C12H13N3O3/c1-2-17-7-11(16)14-10-5-3-9(4-6-10)12-15-13-8-18-12/h3-6,8H,2,7H2,1H3,(H,14,16). The van der Waals surface area contributed by atoms with Crippen molar-refractivity contribution >= 4 is 11.6 Å². The molecular weight excluding hydrogens is 234 g/mol. The summed E-state index contributed by atoms with van der Waals surface area (Å²) >= 11 is 0. The van der Waals surface area contributed by atoms with E-state index in [0.29, 0.717) is 18.2 Å². The Morgan fingerprint density at radius 2 is 2.17 bits per heavy atom. The van der Waals surface area contributed by atoms with Crippen molar-refractivity contribution < 1.29 is 13.9 Å². The Morgan fingerprint density at radius 3 is 2.78 bits per heavy atom. The summed E-state index contributed by atoms with van der Waals surface area (Å²) in [6, 6.07) is 7.13. The molecule has 0 bridgehead atoms. The molecule has 94 valence electrons. The van der Waals surface area contributed by atoms with Crippen molar-refractivity contribution in [2.24, 2.45) is 0 Å². The minimum absolute atomic E-state index is 0.0575. The fraction of sp³-hybridized carbons (Fsp3) is 0.250. The van der Waals surface area contributed by atoms with Crippen molar-refractivity contribution in [2.75, 3.05) is 18.5 Å². The summed E-state index contributed by atoms with van der Waals surface area (Å²) in [5.41, 5.74) is 1.50. The fourth-order valence-electron chi connectivity index (χ4n) is 1.39. The first-order chi connectivity index (χ1) is 8.79. The van der Waals surface area contributed by atoms with E-state index in [2.05, 4.69) is 15.5 Å². The first kappa shape index (κ1) is 12.3. The number of amides is 1. The van der Waals surface area contributed by atoms with Crippen molar-refractivity contribution in [3.63, 3.8) is 0 Å². The molecule has 1 N–H and O–H groups in total. The number of carbonyl (C=O) groups excluding carboxylic acids is 1. The van der Waals surface area contributed by atoms with E-state index < -0.39 is 0 Å². The van der Waals surface area contributed by atoms with E-state index in [4.69, 9.17) is 9.15 Å². The smallest absolute Gasteiger partial charge is 0.250 e. The zero-order chi connectivity index (χ0) is 12.8. The lowest BCUT2D eigenvalue weighted by Gasteiger charge is -2.05. The van der Waals surface area contributed by atoms with Gasteiger partial charge < -0.3 is 14.5 Å². The maximum atomic E-state index is 11.4. The number of anilines is 1. The molecule has 0 atom stereocenters.